The molecule has 0 amide bonds. The van der Waals surface area contributed by atoms with Gasteiger partial charge in [-0.25, -0.2) is 9.97 Å². The number of hydrogen-bond acceptors (Lipinski definition) is 8. The van der Waals surface area contributed by atoms with Crippen molar-refractivity contribution in [2.24, 2.45) is 56.2 Å². The Kier molecular flexibility index (Phi) is 9.73. The number of nitrogens with zero attached hydrogens (tertiary/aromatic N) is 2. The quantitative estimate of drug-likeness (QED) is 0.214. The maximum atomic E-state index is 14.0. The normalized spacial score (nSPS) is 38.0. The number of rotatable bonds is 10. The fraction of sp³-hybridized carbons (Fsp3) is 0.786. The number of nitrogens with one attached hydrogen (secondary N) is 1. The summed E-state index contributed by atoms with van der Waals surface area (Å²) in [5, 5.41) is 25.1. The van der Waals surface area contributed by atoms with E-state index in [-0.39, 0.29) is 51.8 Å². The summed E-state index contributed by atoms with van der Waals surface area (Å²) < 4.78 is 6.16. The van der Waals surface area contributed by atoms with Crippen molar-refractivity contribution in [2.75, 3.05) is 6.54 Å². The molecule has 5 aliphatic rings. The third-order valence-electron chi connectivity index (χ3n) is 15.8. The van der Waals surface area contributed by atoms with Gasteiger partial charge in [-0.2, -0.15) is 0 Å². The Bertz CT molecular complexity index is 1570. The van der Waals surface area contributed by atoms with Crippen LogP contribution >= 0.6 is 0 Å². The molecule has 3 N–H and O–H groups in total. The van der Waals surface area contributed by atoms with Crippen molar-refractivity contribution in [1.29, 1.82) is 0 Å². The predicted molar refractivity (Wildman–Crippen MR) is 195 cm³/mol. The molecule has 282 valence electrons. The van der Waals surface area contributed by atoms with Crippen molar-refractivity contribution in [1.82, 2.24) is 15.3 Å². The number of carboxylic acids is 1. The summed E-state index contributed by atoms with van der Waals surface area (Å²) in [6.45, 7) is 20.5. The molecule has 1 aromatic heterocycles. The number of aromatic nitrogens is 2. The Hall–Kier alpha value is -2.65. The summed E-state index contributed by atoms with van der Waals surface area (Å²) in [5.41, 5.74) is 1.28. The fourth-order valence-electron chi connectivity index (χ4n) is 12.9. The number of carbonyl (C=O) groups excluding carboxylic acids is 2. The lowest BCUT2D eigenvalue weighted by atomic mass is 9.33. The van der Waals surface area contributed by atoms with Crippen LogP contribution in [0.15, 0.2) is 29.7 Å². The van der Waals surface area contributed by atoms with Gasteiger partial charge in [0.25, 0.3) is 0 Å². The summed E-state index contributed by atoms with van der Waals surface area (Å²) in [4.78, 5) is 47.1. The number of allylic oxidation sites excluding steroid dienone is 1. The van der Waals surface area contributed by atoms with Gasteiger partial charge < -0.3 is 20.3 Å². The van der Waals surface area contributed by atoms with Crippen LogP contribution in [-0.4, -0.2) is 56.7 Å². The number of carboxylic acid groups (broad SMARTS) is 1. The predicted octanol–water partition coefficient (Wildman–Crippen LogP) is 7.32. The minimum Gasteiger partial charge on any atom is -0.481 e. The van der Waals surface area contributed by atoms with Gasteiger partial charge in [-0.1, -0.05) is 54.0 Å². The van der Waals surface area contributed by atoms with E-state index in [0.29, 0.717) is 31.3 Å². The molecule has 5 aliphatic carbocycles. The van der Waals surface area contributed by atoms with Crippen LogP contribution in [0.3, 0.4) is 0 Å². The molecule has 0 spiro atoms. The molecule has 0 saturated heterocycles. The second-order valence-corrected chi connectivity index (χ2v) is 19.4. The minimum absolute atomic E-state index is 0.0164. The van der Waals surface area contributed by atoms with Crippen LogP contribution in [0, 0.1) is 56.2 Å². The van der Waals surface area contributed by atoms with Crippen molar-refractivity contribution in [3.63, 3.8) is 0 Å². The average molecular weight is 706 g/mol. The molecule has 0 bridgehead atoms. The molecule has 4 fully saturated rings. The minimum atomic E-state index is -1.17. The van der Waals surface area contributed by atoms with Crippen molar-refractivity contribution in [3.05, 3.63) is 35.4 Å². The number of hydrogen-bond donors (Lipinski definition) is 3. The molecule has 0 radical (unpaired) electrons. The average Bonchev–Trinajstić information content (AvgIpc) is 3.36. The molecule has 9 heteroatoms. The summed E-state index contributed by atoms with van der Waals surface area (Å²) in [7, 11) is 0. The van der Waals surface area contributed by atoms with Crippen LogP contribution < -0.4 is 5.32 Å². The molecule has 51 heavy (non-hydrogen) atoms. The summed E-state index contributed by atoms with van der Waals surface area (Å²) in [6, 6.07) is 1.88. The molecule has 0 aromatic carbocycles. The van der Waals surface area contributed by atoms with Crippen molar-refractivity contribution >= 4 is 17.7 Å². The van der Waals surface area contributed by atoms with Gasteiger partial charge >= 0.3 is 11.9 Å². The highest BCUT2D eigenvalue weighted by Crippen LogP contribution is 2.77. The van der Waals surface area contributed by atoms with Crippen LogP contribution in [-0.2, 0) is 25.7 Å². The van der Waals surface area contributed by atoms with Crippen LogP contribution in [0.4, 0.5) is 0 Å². The molecule has 1 aromatic rings. The Balaban J connectivity index is 1.26. The first-order chi connectivity index (χ1) is 23.7. The largest absolute Gasteiger partial charge is 0.481 e. The maximum absolute atomic E-state index is 14.0. The van der Waals surface area contributed by atoms with Gasteiger partial charge in [0.15, 0.2) is 5.78 Å². The summed E-state index contributed by atoms with van der Waals surface area (Å²) in [6.07, 6.45) is 10.4. The third kappa shape index (κ3) is 5.91. The number of ketones is 1. The first-order valence-corrected chi connectivity index (χ1v) is 19.6. The smallest absolute Gasteiger partial charge is 0.309 e. The number of fused-ring (bicyclic) bond motifs is 7. The number of Topliss-reactive ketones (excluding diaryl/α,β-unsaturated/α-hetero) is 1. The van der Waals surface area contributed by atoms with Crippen molar-refractivity contribution < 1.29 is 29.3 Å². The maximum Gasteiger partial charge on any atom is 0.309 e. The topological polar surface area (TPSA) is 139 Å². The molecule has 0 aliphatic heterocycles. The number of aliphatic hydroxyl groups excluding tert-OH is 1. The lowest BCUT2D eigenvalue weighted by molar-refractivity contribution is -0.235. The van der Waals surface area contributed by atoms with Crippen molar-refractivity contribution in [2.45, 2.75) is 145 Å². The van der Waals surface area contributed by atoms with Crippen molar-refractivity contribution in [3.8, 4) is 0 Å². The van der Waals surface area contributed by atoms with E-state index in [9.17, 15) is 24.6 Å². The van der Waals surface area contributed by atoms with E-state index in [2.05, 4.69) is 63.8 Å². The van der Waals surface area contributed by atoms with E-state index in [1.54, 1.807) is 20.0 Å². The van der Waals surface area contributed by atoms with Gasteiger partial charge in [0.2, 0.25) is 0 Å². The lowest BCUT2D eigenvalue weighted by Crippen LogP contribution is -2.66. The Morgan fingerprint density at radius 2 is 1.73 bits per heavy atom. The molecule has 4 saturated carbocycles. The molecule has 0 unspecified atom stereocenters. The van der Waals surface area contributed by atoms with E-state index in [1.165, 1.54) is 11.9 Å². The number of aliphatic hydroxyl groups is 1. The monoisotopic (exact) mass is 705 g/mol. The standard InChI is InChI=1S/C42H63N3O6/c1-25(2)34-28(46)20-42(31(47)23-44-22-26-14-19-43-24-45-26)18-17-40(8)27(35(34)42)10-11-30-39(7)15-13-32(51-33(48)21-37(3,4)36(49)50)38(5,6)29(39)12-16-41(30,40)9/h14,19,24-25,27,29-32,44,47H,10-13,15-18,20-23H2,1-9H3,(H,49,50)/t27-,29+,30-,31+,32+,39+,40-,41-,42+/m1/s1. The van der Waals surface area contributed by atoms with E-state index >= 15 is 0 Å². The Labute approximate surface area is 305 Å². The fourth-order valence-corrected chi connectivity index (χ4v) is 12.9. The second kappa shape index (κ2) is 13.0. The van der Waals surface area contributed by atoms with Crippen LogP contribution in [0.25, 0.3) is 0 Å². The molecule has 6 rings (SSSR count). The number of esters is 1. The highest BCUT2D eigenvalue weighted by molar-refractivity contribution is 6.00. The molecule has 9 nitrogen and oxygen atoms in total. The van der Waals surface area contributed by atoms with E-state index < -0.39 is 28.9 Å². The van der Waals surface area contributed by atoms with Crippen LogP contribution in [0.2, 0.25) is 0 Å². The number of ether oxygens (including phenoxy) is 1. The molecule has 1 heterocycles. The highest BCUT2D eigenvalue weighted by Gasteiger charge is 2.70. The number of aliphatic carboxylic acids is 1. The van der Waals surface area contributed by atoms with E-state index in [1.807, 2.05) is 6.07 Å². The van der Waals surface area contributed by atoms with Crippen LogP contribution in [0.5, 0.6) is 0 Å². The van der Waals surface area contributed by atoms with E-state index in [4.69, 9.17) is 4.74 Å². The van der Waals surface area contributed by atoms with Gasteiger partial charge in [0, 0.05) is 36.5 Å². The molecule has 9 atom stereocenters. The third-order valence-corrected chi connectivity index (χ3v) is 15.8. The first-order valence-electron chi connectivity index (χ1n) is 19.6. The first kappa shape index (κ1) is 38.1. The zero-order valence-electron chi connectivity index (χ0n) is 32.6. The second-order valence-electron chi connectivity index (χ2n) is 19.4. The van der Waals surface area contributed by atoms with Gasteiger partial charge in [-0.3, -0.25) is 14.4 Å². The van der Waals surface area contributed by atoms with Crippen LogP contribution in [0.1, 0.15) is 132 Å². The van der Waals surface area contributed by atoms with E-state index in [0.717, 1.165) is 62.6 Å². The SMILES string of the molecule is CC(C)C1=C2[C@H]3CC[C@@H]4[C@@]5(C)CC[C@H](OC(=O)CC(C)(C)C(=O)O)C(C)(C)[C@@H]5CC[C@@]4(C)[C@]3(C)CC[C@@]2([C@@H](O)CNCc2ccncn2)CC1=O. The molecular weight excluding hydrogens is 642 g/mol. The van der Waals surface area contributed by atoms with Gasteiger partial charge in [0.05, 0.1) is 23.6 Å². The van der Waals surface area contributed by atoms with Gasteiger partial charge in [-0.15, -0.1) is 0 Å². The summed E-state index contributed by atoms with van der Waals surface area (Å²) in [5.74, 6) is 0.0184. The molecular formula is C42H63N3O6. The van der Waals surface area contributed by atoms with Gasteiger partial charge in [0.1, 0.15) is 12.4 Å². The van der Waals surface area contributed by atoms with Gasteiger partial charge in [-0.05, 0) is 117 Å². The highest BCUT2D eigenvalue weighted by atomic mass is 16.5. The zero-order valence-corrected chi connectivity index (χ0v) is 32.6. The zero-order chi connectivity index (χ0) is 37.4. The lowest BCUT2D eigenvalue weighted by Gasteiger charge is -2.72. The number of carbonyl (C=O) groups is 3. The Morgan fingerprint density at radius 1 is 1.00 bits per heavy atom. The Morgan fingerprint density at radius 3 is 2.37 bits per heavy atom. The summed E-state index contributed by atoms with van der Waals surface area (Å²) >= 11 is 0.